The van der Waals surface area contributed by atoms with Gasteiger partial charge >= 0.3 is 0 Å². The van der Waals surface area contributed by atoms with E-state index in [2.05, 4.69) is 21.2 Å². The second kappa shape index (κ2) is 6.65. The van der Waals surface area contributed by atoms with Crippen LogP contribution in [-0.2, 0) is 16.1 Å². The Kier molecular flexibility index (Phi) is 5.47. The van der Waals surface area contributed by atoms with Gasteiger partial charge in [-0.25, -0.2) is 0 Å². The van der Waals surface area contributed by atoms with Crippen molar-refractivity contribution >= 4 is 27.6 Å². The highest BCUT2D eigenvalue weighted by Gasteiger charge is 2.20. The van der Waals surface area contributed by atoms with Crippen molar-refractivity contribution in [3.63, 3.8) is 0 Å². The molecule has 5 nitrogen and oxygen atoms in total. The molecule has 1 heterocycles. The van der Waals surface area contributed by atoms with Crippen LogP contribution >= 0.6 is 15.9 Å². The number of pyridine rings is 1. The van der Waals surface area contributed by atoms with Crippen LogP contribution in [0, 0.1) is 5.92 Å². The van der Waals surface area contributed by atoms with E-state index in [1.807, 2.05) is 13.8 Å². The number of nitrogens with zero attached hydrogens (tertiary/aromatic N) is 1. The Morgan fingerprint density at radius 2 is 2.05 bits per heavy atom. The van der Waals surface area contributed by atoms with Crippen LogP contribution < -0.4 is 10.9 Å². The van der Waals surface area contributed by atoms with Crippen molar-refractivity contribution in [3.05, 3.63) is 33.2 Å². The molecule has 0 aliphatic rings. The highest BCUT2D eigenvalue weighted by Crippen LogP contribution is 2.03. The Hall–Kier alpha value is -1.43. The summed E-state index contributed by atoms with van der Waals surface area (Å²) >= 11 is 3.11. The van der Waals surface area contributed by atoms with Crippen molar-refractivity contribution in [1.82, 2.24) is 9.88 Å². The maximum absolute atomic E-state index is 11.9. The topological polar surface area (TPSA) is 68.2 Å². The van der Waals surface area contributed by atoms with E-state index >= 15 is 0 Å². The monoisotopic (exact) mass is 328 g/mol. The molecule has 1 unspecified atom stereocenters. The number of carbonyl (C=O) groups excluding carboxylic acids is 2. The molecular formula is C13H17BrN2O3. The van der Waals surface area contributed by atoms with Gasteiger partial charge in [0, 0.05) is 6.20 Å². The van der Waals surface area contributed by atoms with Crippen LogP contribution in [0.25, 0.3) is 0 Å². The molecule has 1 N–H and O–H groups in total. The second-order valence-corrected chi connectivity index (χ2v) is 5.54. The summed E-state index contributed by atoms with van der Waals surface area (Å²) in [5.41, 5.74) is -0.276. The Morgan fingerprint density at radius 3 is 2.58 bits per heavy atom. The third-order valence-electron chi connectivity index (χ3n) is 2.71. The molecule has 1 aromatic heterocycles. The Morgan fingerprint density at radius 1 is 1.42 bits per heavy atom. The van der Waals surface area contributed by atoms with Gasteiger partial charge in [0.1, 0.15) is 6.54 Å². The van der Waals surface area contributed by atoms with Gasteiger partial charge in [0.25, 0.3) is 5.56 Å². The SMILES string of the molecule is CC(=O)C(NC(=O)Cn1cccc(Br)c1=O)C(C)C. The van der Waals surface area contributed by atoms with E-state index in [9.17, 15) is 14.4 Å². The predicted molar refractivity (Wildman–Crippen MR) is 75.9 cm³/mol. The molecule has 0 spiro atoms. The number of halogens is 1. The van der Waals surface area contributed by atoms with Crippen LogP contribution in [0.4, 0.5) is 0 Å². The summed E-state index contributed by atoms with van der Waals surface area (Å²) in [6.07, 6.45) is 1.53. The average Bonchev–Trinajstić information content (AvgIpc) is 2.31. The van der Waals surface area contributed by atoms with Gasteiger partial charge < -0.3 is 9.88 Å². The van der Waals surface area contributed by atoms with E-state index < -0.39 is 6.04 Å². The summed E-state index contributed by atoms with van der Waals surface area (Å²) in [6.45, 7) is 5.06. The fourth-order valence-electron chi connectivity index (χ4n) is 1.74. The number of carbonyl (C=O) groups is 2. The number of hydrogen-bond acceptors (Lipinski definition) is 3. The molecule has 0 aliphatic heterocycles. The van der Waals surface area contributed by atoms with Crippen LogP contribution in [0.1, 0.15) is 20.8 Å². The van der Waals surface area contributed by atoms with Crippen molar-refractivity contribution in [2.75, 3.05) is 0 Å². The number of amides is 1. The number of nitrogens with one attached hydrogen (secondary N) is 1. The fraction of sp³-hybridized carbons (Fsp3) is 0.462. The summed E-state index contributed by atoms with van der Waals surface area (Å²) in [6, 6.07) is 2.77. The minimum Gasteiger partial charge on any atom is -0.344 e. The lowest BCUT2D eigenvalue weighted by Crippen LogP contribution is -2.45. The molecule has 0 saturated carbocycles. The first kappa shape index (κ1) is 15.6. The minimum absolute atomic E-state index is 0.0145. The molecule has 1 amide bonds. The zero-order valence-electron chi connectivity index (χ0n) is 11.1. The molecule has 0 aliphatic carbocycles. The van der Waals surface area contributed by atoms with Crippen LogP contribution in [0.2, 0.25) is 0 Å². The zero-order valence-corrected chi connectivity index (χ0v) is 12.7. The van der Waals surface area contributed by atoms with Crippen molar-refractivity contribution in [3.8, 4) is 0 Å². The number of hydrogen-bond donors (Lipinski definition) is 1. The number of rotatable bonds is 5. The smallest absolute Gasteiger partial charge is 0.265 e. The van der Waals surface area contributed by atoms with E-state index in [1.54, 1.807) is 12.1 Å². The van der Waals surface area contributed by atoms with E-state index in [1.165, 1.54) is 17.7 Å². The summed E-state index contributed by atoms with van der Waals surface area (Å²) in [4.78, 5) is 35.0. The summed E-state index contributed by atoms with van der Waals surface area (Å²) in [5, 5.41) is 2.65. The molecule has 0 radical (unpaired) electrons. The van der Waals surface area contributed by atoms with E-state index in [4.69, 9.17) is 0 Å². The summed E-state index contributed by atoms with van der Waals surface area (Å²) < 4.78 is 1.69. The largest absolute Gasteiger partial charge is 0.344 e. The van der Waals surface area contributed by atoms with Crippen LogP contribution in [0.5, 0.6) is 0 Å². The van der Waals surface area contributed by atoms with E-state index in [-0.39, 0.29) is 29.7 Å². The summed E-state index contributed by atoms with van der Waals surface area (Å²) in [5.74, 6) is -0.431. The lowest BCUT2D eigenvalue weighted by Gasteiger charge is -2.19. The maximum atomic E-state index is 11.9. The predicted octanol–water partition coefficient (Wildman–Crippen LogP) is 1.34. The standard InChI is InChI=1S/C13H17BrN2O3/c1-8(2)12(9(3)17)15-11(18)7-16-6-4-5-10(14)13(16)19/h4-6,8,12H,7H2,1-3H3,(H,15,18). The molecule has 6 heteroatoms. The summed E-state index contributed by atoms with van der Waals surface area (Å²) in [7, 11) is 0. The van der Waals surface area contributed by atoms with Crippen molar-refractivity contribution < 1.29 is 9.59 Å². The van der Waals surface area contributed by atoms with Gasteiger partial charge in [-0.1, -0.05) is 13.8 Å². The Labute approximate surface area is 120 Å². The highest BCUT2D eigenvalue weighted by molar-refractivity contribution is 9.10. The molecule has 0 aromatic carbocycles. The number of ketones is 1. The Balaban J connectivity index is 2.78. The molecule has 19 heavy (non-hydrogen) atoms. The van der Waals surface area contributed by atoms with E-state index in [0.717, 1.165) is 0 Å². The van der Waals surface area contributed by atoms with Gasteiger partial charge in [0.05, 0.1) is 10.5 Å². The van der Waals surface area contributed by atoms with E-state index in [0.29, 0.717) is 4.47 Å². The minimum atomic E-state index is -0.518. The molecule has 0 saturated heterocycles. The average molecular weight is 329 g/mol. The van der Waals surface area contributed by atoms with Gasteiger partial charge in [-0.15, -0.1) is 0 Å². The van der Waals surface area contributed by atoms with Crippen molar-refractivity contribution in [1.29, 1.82) is 0 Å². The van der Waals surface area contributed by atoms with Crippen molar-refractivity contribution in [2.45, 2.75) is 33.4 Å². The fourth-order valence-corrected chi connectivity index (χ4v) is 2.12. The molecule has 1 rings (SSSR count). The number of aromatic nitrogens is 1. The molecule has 0 fully saturated rings. The van der Waals surface area contributed by atoms with Gasteiger partial charge in [-0.05, 0) is 40.9 Å². The normalized spacial score (nSPS) is 12.3. The second-order valence-electron chi connectivity index (χ2n) is 4.69. The van der Waals surface area contributed by atoms with Gasteiger partial charge in [0.2, 0.25) is 5.91 Å². The number of Topliss-reactive ketones (excluding diaryl/α,β-unsaturated/α-hetero) is 1. The van der Waals surface area contributed by atoms with Crippen LogP contribution in [0.3, 0.4) is 0 Å². The highest BCUT2D eigenvalue weighted by atomic mass is 79.9. The first-order valence-electron chi connectivity index (χ1n) is 5.97. The lowest BCUT2D eigenvalue weighted by atomic mass is 10.0. The third-order valence-corrected chi connectivity index (χ3v) is 3.31. The zero-order chi connectivity index (χ0) is 14.6. The quantitative estimate of drug-likeness (QED) is 0.886. The maximum Gasteiger partial charge on any atom is 0.265 e. The van der Waals surface area contributed by atoms with Gasteiger partial charge in [-0.3, -0.25) is 14.4 Å². The molecular weight excluding hydrogens is 312 g/mol. The van der Waals surface area contributed by atoms with Gasteiger partial charge in [0.15, 0.2) is 5.78 Å². The van der Waals surface area contributed by atoms with Crippen LogP contribution in [0.15, 0.2) is 27.6 Å². The Bertz CT molecular complexity index is 537. The molecule has 1 atom stereocenters. The molecule has 1 aromatic rings. The van der Waals surface area contributed by atoms with Crippen molar-refractivity contribution in [2.24, 2.45) is 5.92 Å². The first-order chi connectivity index (χ1) is 8.82. The lowest BCUT2D eigenvalue weighted by molar-refractivity contribution is -0.128. The molecule has 0 bridgehead atoms. The van der Waals surface area contributed by atoms with Gasteiger partial charge in [-0.2, -0.15) is 0 Å². The van der Waals surface area contributed by atoms with Crippen LogP contribution in [-0.4, -0.2) is 22.3 Å². The third kappa shape index (κ3) is 4.31. The molecule has 104 valence electrons. The first-order valence-corrected chi connectivity index (χ1v) is 6.77.